The SMILES string of the molecule is CNS(=O)(=O)c1ccc(CC2CCCCC2)c(-c2nnn(Cc3cccnc3)n2)c1. The lowest BCUT2D eigenvalue weighted by atomic mass is 9.84. The van der Waals surface area contributed by atoms with E-state index in [-0.39, 0.29) is 4.90 Å². The molecule has 0 radical (unpaired) electrons. The van der Waals surface area contributed by atoms with Crippen molar-refractivity contribution in [3.8, 4) is 11.4 Å². The molecule has 0 amide bonds. The summed E-state index contributed by atoms with van der Waals surface area (Å²) in [5, 5.41) is 12.9. The van der Waals surface area contributed by atoms with E-state index in [9.17, 15) is 8.42 Å². The van der Waals surface area contributed by atoms with Crippen molar-refractivity contribution in [2.45, 2.75) is 50.0 Å². The number of aromatic nitrogens is 5. The van der Waals surface area contributed by atoms with Crippen molar-refractivity contribution in [1.29, 1.82) is 0 Å². The Balaban J connectivity index is 1.67. The number of hydrogen-bond acceptors (Lipinski definition) is 6. The topological polar surface area (TPSA) is 103 Å². The average Bonchev–Trinajstić information content (AvgIpc) is 3.23. The van der Waals surface area contributed by atoms with Crippen LogP contribution in [-0.2, 0) is 23.0 Å². The monoisotopic (exact) mass is 426 g/mol. The lowest BCUT2D eigenvalue weighted by Crippen LogP contribution is -2.19. The van der Waals surface area contributed by atoms with E-state index in [1.165, 1.54) is 43.9 Å². The molecule has 0 aliphatic heterocycles. The number of pyridine rings is 1. The molecule has 0 unspecified atom stereocenters. The van der Waals surface area contributed by atoms with Gasteiger partial charge in [-0.25, -0.2) is 13.1 Å². The van der Waals surface area contributed by atoms with Crippen LogP contribution in [0.3, 0.4) is 0 Å². The molecule has 1 aliphatic carbocycles. The third-order valence-electron chi connectivity index (χ3n) is 5.63. The van der Waals surface area contributed by atoms with Crippen LogP contribution in [-0.4, -0.2) is 40.7 Å². The molecular formula is C21H26N6O2S. The maximum atomic E-state index is 12.4. The Morgan fingerprint density at radius 1 is 1.17 bits per heavy atom. The van der Waals surface area contributed by atoms with Crippen molar-refractivity contribution in [3.63, 3.8) is 0 Å². The Bertz CT molecular complexity index is 1090. The molecule has 0 saturated heterocycles. The predicted octanol–water partition coefficient (Wildman–Crippen LogP) is 2.81. The van der Waals surface area contributed by atoms with Gasteiger partial charge in [0, 0.05) is 18.0 Å². The van der Waals surface area contributed by atoms with Gasteiger partial charge in [-0.05, 0) is 53.9 Å². The smallest absolute Gasteiger partial charge is 0.240 e. The Labute approximate surface area is 176 Å². The van der Waals surface area contributed by atoms with E-state index < -0.39 is 10.0 Å². The molecule has 1 saturated carbocycles. The molecule has 0 bridgehead atoms. The summed E-state index contributed by atoms with van der Waals surface area (Å²) in [6.07, 6.45) is 10.6. The Hall–Kier alpha value is -2.65. The zero-order valence-electron chi connectivity index (χ0n) is 17.0. The lowest BCUT2D eigenvalue weighted by Gasteiger charge is -2.22. The first-order valence-corrected chi connectivity index (χ1v) is 11.8. The van der Waals surface area contributed by atoms with Gasteiger partial charge in [-0.1, -0.05) is 44.2 Å². The van der Waals surface area contributed by atoms with Gasteiger partial charge in [-0.15, -0.1) is 10.2 Å². The van der Waals surface area contributed by atoms with Gasteiger partial charge in [0.15, 0.2) is 0 Å². The van der Waals surface area contributed by atoms with E-state index in [1.54, 1.807) is 24.5 Å². The Kier molecular flexibility index (Phi) is 6.19. The van der Waals surface area contributed by atoms with Crippen LogP contribution in [0, 0.1) is 5.92 Å². The van der Waals surface area contributed by atoms with Crippen molar-refractivity contribution in [1.82, 2.24) is 29.9 Å². The van der Waals surface area contributed by atoms with E-state index in [0.717, 1.165) is 23.1 Å². The molecule has 3 aromatic rings. The maximum Gasteiger partial charge on any atom is 0.240 e. The number of nitrogens with zero attached hydrogens (tertiary/aromatic N) is 5. The maximum absolute atomic E-state index is 12.4. The molecule has 4 rings (SSSR count). The molecule has 8 nitrogen and oxygen atoms in total. The van der Waals surface area contributed by atoms with Crippen molar-refractivity contribution >= 4 is 10.0 Å². The second kappa shape index (κ2) is 9.01. The summed E-state index contributed by atoms with van der Waals surface area (Å²) in [5.41, 5.74) is 2.77. The van der Waals surface area contributed by atoms with Crippen molar-refractivity contribution in [3.05, 3.63) is 53.9 Å². The van der Waals surface area contributed by atoms with Crippen molar-refractivity contribution in [2.24, 2.45) is 5.92 Å². The van der Waals surface area contributed by atoms with E-state index in [0.29, 0.717) is 18.3 Å². The molecule has 0 spiro atoms. The van der Waals surface area contributed by atoms with Gasteiger partial charge in [-0.3, -0.25) is 4.98 Å². The first-order valence-electron chi connectivity index (χ1n) is 10.3. The third-order valence-corrected chi connectivity index (χ3v) is 7.05. The predicted molar refractivity (Wildman–Crippen MR) is 113 cm³/mol. The minimum absolute atomic E-state index is 0.205. The van der Waals surface area contributed by atoms with Crippen LogP contribution in [0.4, 0.5) is 0 Å². The number of tetrazole rings is 1. The number of rotatable bonds is 7. The average molecular weight is 427 g/mol. The van der Waals surface area contributed by atoms with E-state index in [4.69, 9.17) is 0 Å². The fraction of sp³-hybridized carbons (Fsp3) is 0.429. The van der Waals surface area contributed by atoms with Crippen LogP contribution in [0.5, 0.6) is 0 Å². The highest BCUT2D eigenvalue weighted by Gasteiger charge is 2.21. The zero-order valence-corrected chi connectivity index (χ0v) is 17.8. The van der Waals surface area contributed by atoms with Gasteiger partial charge in [-0.2, -0.15) is 4.80 Å². The van der Waals surface area contributed by atoms with Crippen molar-refractivity contribution in [2.75, 3.05) is 7.05 Å². The minimum Gasteiger partial charge on any atom is -0.264 e. The van der Waals surface area contributed by atoms with Crippen LogP contribution >= 0.6 is 0 Å². The van der Waals surface area contributed by atoms with Gasteiger partial charge >= 0.3 is 0 Å². The Morgan fingerprint density at radius 2 is 2.00 bits per heavy atom. The highest BCUT2D eigenvalue weighted by atomic mass is 32.2. The molecule has 9 heteroatoms. The highest BCUT2D eigenvalue weighted by molar-refractivity contribution is 7.89. The van der Waals surface area contributed by atoms with Crippen LogP contribution in [0.25, 0.3) is 11.4 Å². The number of hydrogen-bond donors (Lipinski definition) is 1. The van der Waals surface area contributed by atoms with Crippen molar-refractivity contribution < 1.29 is 8.42 Å². The van der Waals surface area contributed by atoms with Gasteiger partial charge in [0.2, 0.25) is 15.8 Å². The second-order valence-electron chi connectivity index (χ2n) is 7.74. The molecule has 0 atom stereocenters. The molecule has 2 heterocycles. The number of sulfonamides is 1. The van der Waals surface area contributed by atoms with Gasteiger partial charge in [0.05, 0.1) is 11.4 Å². The quantitative estimate of drug-likeness (QED) is 0.623. The fourth-order valence-corrected chi connectivity index (χ4v) is 4.76. The summed E-state index contributed by atoms with van der Waals surface area (Å²) in [4.78, 5) is 5.82. The molecule has 158 valence electrons. The largest absolute Gasteiger partial charge is 0.264 e. The fourth-order valence-electron chi connectivity index (χ4n) is 4.00. The van der Waals surface area contributed by atoms with Crippen LogP contribution in [0.1, 0.15) is 43.2 Å². The van der Waals surface area contributed by atoms with Crippen LogP contribution < -0.4 is 4.72 Å². The van der Waals surface area contributed by atoms with E-state index in [2.05, 4.69) is 25.1 Å². The molecule has 1 N–H and O–H groups in total. The molecular weight excluding hydrogens is 400 g/mol. The minimum atomic E-state index is -3.56. The Morgan fingerprint density at radius 3 is 2.73 bits per heavy atom. The normalized spacial score (nSPS) is 15.4. The summed E-state index contributed by atoms with van der Waals surface area (Å²) in [6, 6.07) is 9.03. The number of benzene rings is 1. The summed E-state index contributed by atoms with van der Waals surface area (Å²) in [7, 11) is -2.15. The summed E-state index contributed by atoms with van der Waals surface area (Å²) in [5.74, 6) is 1.05. The second-order valence-corrected chi connectivity index (χ2v) is 9.63. The van der Waals surface area contributed by atoms with E-state index in [1.807, 2.05) is 18.2 Å². The molecule has 1 fully saturated rings. The van der Waals surface area contributed by atoms with Crippen LogP contribution in [0.2, 0.25) is 0 Å². The molecule has 1 aromatic carbocycles. The standard InChI is InChI=1S/C21H26N6O2S/c1-22-30(28,29)19-10-9-18(12-16-6-3-2-4-7-16)20(13-19)21-24-26-27(25-21)15-17-8-5-11-23-14-17/h5,8-11,13-14,16,22H,2-4,6-7,12,15H2,1H3. The van der Waals surface area contributed by atoms with Gasteiger partial charge < -0.3 is 0 Å². The highest BCUT2D eigenvalue weighted by Crippen LogP contribution is 2.31. The molecule has 1 aliphatic rings. The van der Waals surface area contributed by atoms with Gasteiger partial charge in [0.1, 0.15) is 0 Å². The van der Waals surface area contributed by atoms with Crippen LogP contribution in [0.15, 0.2) is 47.6 Å². The van der Waals surface area contributed by atoms with E-state index >= 15 is 0 Å². The summed E-state index contributed by atoms with van der Waals surface area (Å²) < 4.78 is 27.1. The van der Waals surface area contributed by atoms with Gasteiger partial charge in [0.25, 0.3) is 0 Å². The first kappa shape index (κ1) is 20.6. The summed E-state index contributed by atoms with van der Waals surface area (Å²) >= 11 is 0. The third kappa shape index (κ3) is 4.73. The first-order chi connectivity index (χ1) is 14.5. The number of nitrogens with one attached hydrogen (secondary N) is 1. The molecule has 30 heavy (non-hydrogen) atoms. The summed E-state index contributed by atoms with van der Waals surface area (Å²) in [6.45, 7) is 0.452. The zero-order chi connectivity index (χ0) is 21.0. The molecule has 2 aromatic heterocycles. The lowest BCUT2D eigenvalue weighted by molar-refractivity contribution is 0.357.